The molecule has 16 heavy (non-hydrogen) atoms. The maximum atomic E-state index is 11.3. The lowest BCUT2D eigenvalue weighted by Crippen LogP contribution is -2.11. The van der Waals surface area contributed by atoms with Crippen LogP contribution in [-0.4, -0.2) is 19.0 Å². The van der Waals surface area contributed by atoms with Gasteiger partial charge in [-0.3, -0.25) is 4.79 Å². The van der Waals surface area contributed by atoms with Crippen molar-refractivity contribution in [1.29, 1.82) is 0 Å². The molecule has 0 aliphatic rings. The lowest BCUT2D eigenvalue weighted by Gasteiger charge is -2.07. The van der Waals surface area contributed by atoms with Gasteiger partial charge in [0.1, 0.15) is 11.3 Å². The number of ether oxygens (including phenoxy) is 2. The number of methoxy groups -OCH3 is 1. The first kappa shape index (κ1) is 12.2. The second-order valence-corrected chi connectivity index (χ2v) is 3.07. The summed E-state index contributed by atoms with van der Waals surface area (Å²) in [5.41, 5.74) is 0.238. The third kappa shape index (κ3) is 3.08. The first-order chi connectivity index (χ1) is 7.69. The summed E-state index contributed by atoms with van der Waals surface area (Å²) in [4.78, 5) is 22.6. The minimum absolute atomic E-state index is 0.216. The Labute approximate surface area is 94.2 Å². The number of rotatable bonds is 4. The second kappa shape index (κ2) is 5.90. The molecule has 0 spiro atoms. The molecule has 0 N–H and O–H groups in total. The second-order valence-electron chi connectivity index (χ2n) is 3.07. The van der Waals surface area contributed by atoms with Gasteiger partial charge >= 0.3 is 11.9 Å². The molecule has 0 aromatic heterocycles. The quantitative estimate of drug-likeness (QED) is 0.576. The van der Waals surface area contributed by atoms with E-state index in [0.29, 0.717) is 6.42 Å². The Bertz CT molecular complexity index is 384. The van der Waals surface area contributed by atoms with Gasteiger partial charge in [-0.15, -0.1) is 0 Å². The molecule has 4 heteroatoms. The molecule has 0 bridgehead atoms. The summed E-state index contributed by atoms with van der Waals surface area (Å²) in [7, 11) is 1.27. The number of esters is 2. The predicted octanol–water partition coefficient (Wildman–Crippen LogP) is 1.99. The van der Waals surface area contributed by atoms with Crippen LogP contribution in [0, 0.1) is 6.92 Å². The molecule has 4 nitrogen and oxygen atoms in total. The smallest absolute Gasteiger partial charge is 0.341 e. The standard InChI is InChI=1S/C12H13O4/c1-3-6-11(13)16-10-8-5-4-7-9(10)12(14)15-2/h4-5,7-8H,1,3,6H2,2H3. The topological polar surface area (TPSA) is 52.6 Å². The van der Waals surface area contributed by atoms with Crippen molar-refractivity contribution in [3.63, 3.8) is 0 Å². The van der Waals surface area contributed by atoms with E-state index in [2.05, 4.69) is 11.7 Å². The number of para-hydroxylation sites is 1. The third-order valence-electron chi connectivity index (χ3n) is 1.90. The van der Waals surface area contributed by atoms with Crippen LogP contribution >= 0.6 is 0 Å². The number of hydrogen-bond acceptors (Lipinski definition) is 4. The van der Waals surface area contributed by atoms with Gasteiger partial charge in [0, 0.05) is 6.42 Å². The van der Waals surface area contributed by atoms with Crippen molar-refractivity contribution >= 4 is 11.9 Å². The Hall–Kier alpha value is -1.84. The molecule has 0 saturated carbocycles. The van der Waals surface area contributed by atoms with E-state index in [1.807, 2.05) is 0 Å². The van der Waals surface area contributed by atoms with Gasteiger partial charge in [-0.25, -0.2) is 4.79 Å². The monoisotopic (exact) mass is 221 g/mol. The van der Waals surface area contributed by atoms with Crippen molar-refractivity contribution in [1.82, 2.24) is 0 Å². The zero-order valence-electron chi connectivity index (χ0n) is 9.06. The van der Waals surface area contributed by atoms with E-state index in [1.54, 1.807) is 24.3 Å². The zero-order chi connectivity index (χ0) is 12.0. The molecular formula is C12H13O4. The highest BCUT2D eigenvalue weighted by Crippen LogP contribution is 2.19. The summed E-state index contributed by atoms with van der Waals surface area (Å²) >= 11 is 0. The van der Waals surface area contributed by atoms with Crippen molar-refractivity contribution in [3.05, 3.63) is 36.8 Å². The van der Waals surface area contributed by atoms with Gasteiger partial charge in [0.2, 0.25) is 0 Å². The van der Waals surface area contributed by atoms with Crippen molar-refractivity contribution in [2.45, 2.75) is 12.8 Å². The van der Waals surface area contributed by atoms with Crippen LogP contribution in [0.3, 0.4) is 0 Å². The zero-order valence-corrected chi connectivity index (χ0v) is 9.06. The molecule has 0 amide bonds. The summed E-state index contributed by atoms with van der Waals surface area (Å²) in [6.45, 7) is 3.55. The van der Waals surface area contributed by atoms with Crippen molar-refractivity contribution in [3.8, 4) is 5.75 Å². The Balaban J connectivity index is 2.87. The van der Waals surface area contributed by atoms with Crippen LogP contribution in [0.1, 0.15) is 23.2 Å². The van der Waals surface area contributed by atoms with Crippen molar-refractivity contribution < 1.29 is 19.1 Å². The normalized spacial score (nSPS) is 9.62. The van der Waals surface area contributed by atoms with Crippen LogP contribution in [0.4, 0.5) is 0 Å². The molecule has 1 rings (SSSR count). The number of carbonyl (C=O) groups is 2. The average molecular weight is 221 g/mol. The maximum Gasteiger partial charge on any atom is 0.341 e. The molecule has 0 fully saturated rings. The molecule has 0 aliphatic carbocycles. The summed E-state index contributed by atoms with van der Waals surface area (Å²) in [5, 5.41) is 0. The van der Waals surface area contributed by atoms with Gasteiger partial charge in [0.25, 0.3) is 0 Å². The fourth-order valence-corrected chi connectivity index (χ4v) is 1.15. The average Bonchev–Trinajstić information content (AvgIpc) is 2.29. The summed E-state index contributed by atoms with van der Waals surface area (Å²) in [6.07, 6.45) is 0.675. The van der Waals surface area contributed by atoms with Gasteiger partial charge in [-0.05, 0) is 18.6 Å². The van der Waals surface area contributed by atoms with Gasteiger partial charge in [-0.1, -0.05) is 19.1 Å². The molecule has 1 aromatic carbocycles. The molecule has 0 unspecified atom stereocenters. The molecule has 1 aromatic rings. The van der Waals surface area contributed by atoms with E-state index in [0.717, 1.165) is 0 Å². The molecular weight excluding hydrogens is 208 g/mol. The fourth-order valence-electron chi connectivity index (χ4n) is 1.15. The summed E-state index contributed by atoms with van der Waals surface area (Å²) < 4.78 is 9.61. The lowest BCUT2D eigenvalue weighted by atomic mass is 10.2. The highest BCUT2D eigenvalue weighted by molar-refractivity contribution is 5.93. The van der Waals surface area contributed by atoms with E-state index in [1.165, 1.54) is 7.11 Å². The molecule has 85 valence electrons. The van der Waals surface area contributed by atoms with Gasteiger partial charge in [0.15, 0.2) is 0 Å². The third-order valence-corrected chi connectivity index (χ3v) is 1.90. The Morgan fingerprint density at radius 1 is 1.31 bits per heavy atom. The lowest BCUT2D eigenvalue weighted by molar-refractivity contribution is -0.134. The number of hydrogen-bond donors (Lipinski definition) is 0. The Kier molecular flexibility index (Phi) is 4.51. The summed E-state index contributed by atoms with van der Waals surface area (Å²) in [5.74, 6) is -0.725. The molecule has 0 heterocycles. The van der Waals surface area contributed by atoms with Crippen LogP contribution in [0.15, 0.2) is 24.3 Å². The van der Waals surface area contributed by atoms with E-state index in [-0.39, 0.29) is 17.7 Å². The summed E-state index contributed by atoms with van der Waals surface area (Å²) in [6, 6.07) is 6.44. The van der Waals surface area contributed by atoms with Gasteiger partial charge in [-0.2, -0.15) is 0 Å². The highest BCUT2D eigenvalue weighted by Gasteiger charge is 2.14. The van der Waals surface area contributed by atoms with Crippen LogP contribution in [0.25, 0.3) is 0 Å². The van der Waals surface area contributed by atoms with Gasteiger partial charge < -0.3 is 9.47 Å². The van der Waals surface area contributed by atoms with Crippen LogP contribution in [-0.2, 0) is 9.53 Å². The molecule has 0 saturated heterocycles. The number of carbonyl (C=O) groups excluding carboxylic acids is 2. The van der Waals surface area contributed by atoms with E-state index < -0.39 is 11.9 Å². The minimum atomic E-state index is -0.530. The molecule has 0 aliphatic heterocycles. The van der Waals surface area contributed by atoms with E-state index in [9.17, 15) is 9.59 Å². The fraction of sp³-hybridized carbons (Fsp3) is 0.250. The predicted molar refractivity (Wildman–Crippen MR) is 58.0 cm³/mol. The Morgan fingerprint density at radius 2 is 2.00 bits per heavy atom. The van der Waals surface area contributed by atoms with E-state index >= 15 is 0 Å². The highest BCUT2D eigenvalue weighted by atomic mass is 16.5. The van der Waals surface area contributed by atoms with Crippen molar-refractivity contribution in [2.75, 3.05) is 7.11 Å². The van der Waals surface area contributed by atoms with Crippen LogP contribution in [0.5, 0.6) is 5.75 Å². The SMILES string of the molecule is [CH2]CCC(=O)Oc1ccccc1C(=O)OC. The molecule has 1 radical (unpaired) electrons. The largest absolute Gasteiger partial charge is 0.465 e. The Morgan fingerprint density at radius 3 is 2.62 bits per heavy atom. The maximum absolute atomic E-state index is 11.3. The first-order valence-corrected chi connectivity index (χ1v) is 4.86. The minimum Gasteiger partial charge on any atom is -0.465 e. The molecule has 0 atom stereocenters. The van der Waals surface area contributed by atoms with Crippen LogP contribution in [0.2, 0.25) is 0 Å². The first-order valence-electron chi connectivity index (χ1n) is 4.86. The van der Waals surface area contributed by atoms with Gasteiger partial charge in [0.05, 0.1) is 7.11 Å². The van der Waals surface area contributed by atoms with E-state index in [4.69, 9.17) is 4.74 Å². The van der Waals surface area contributed by atoms with Crippen LogP contribution < -0.4 is 4.74 Å². The number of benzene rings is 1. The van der Waals surface area contributed by atoms with Crippen molar-refractivity contribution in [2.24, 2.45) is 0 Å².